The van der Waals surface area contributed by atoms with Gasteiger partial charge < -0.3 is 4.90 Å². The number of nitro benzene ring substituents is 1. The number of piperazine rings is 1. The summed E-state index contributed by atoms with van der Waals surface area (Å²) in [4.78, 5) is 24.1. The van der Waals surface area contributed by atoms with E-state index in [0.717, 1.165) is 9.85 Å². The Morgan fingerprint density at radius 2 is 1.88 bits per heavy atom. The van der Waals surface area contributed by atoms with Gasteiger partial charge in [0.25, 0.3) is 11.6 Å². The quantitative estimate of drug-likeness (QED) is 0.516. The van der Waals surface area contributed by atoms with Crippen molar-refractivity contribution in [3.8, 4) is 0 Å². The maximum absolute atomic E-state index is 12.7. The molecule has 0 aliphatic carbocycles. The van der Waals surface area contributed by atoms with Crippen molar-refractivity contribution in [2.45, 2.75) is 4.90 Å². The van der Waals surface area contributed by atoms with Crippen molar-refractivity contribution < 1.29 is 18.1 Å². The van der Waals surface area contributed by atoms with Crippen LogP contribution in [-0.2, 0) is 10.0 Å². The van der Waals surface area contributed by atoms with Gasteiger partial charge in [-0.15, -0.1) is 11.3 Å². The minimum Gasteiger partial charge on any atom is -0.336 e. The lowest BCUT2D eigenvalue weighted by molar-refractivity contribution is -0.385. The number of non-ortho nitro benzene ring substituents is 1. The molecule has 0 atom stereocenters. The molecule has 1 aromatic carbocycles. The molecule has 0 saturated carbocycles. The molecule has 0 spiro atoms. The fourth-order valence-corrected chi connectivity index (χ4v) is 5.24. The van der Waals surface area contributed by atoms with E-state index in [2.05, 4.69) is 15.9 Å². The lowest BCUT2D eigenvalue weighted by Crippen LogP contribution is -2.50. The second-order valence-electron chi connectivity index (χ2n) is 5.59. The number of sulfonamides is 1. The van der Waals surface area contributed by atoms with Crippen molar-refractivity contribution in [3.05, 3.63) is 55.2 Å². The molecule has 2 heterocycles. The molecule has 0 unspecified atom stereocenters. The second kappa shape index (κ2) is 7.43. The summed E-state index contributed by atoms with van der Waals surface area (Å²) >= 11 is 4.72. The molecule has 1 amide bonds. The van der Waals surface area contributed by atoms with E-state index >= 15 is 0 Å². The van der Waals surface area contributed by atoms with Gasteiger partial charge in [0.15, 0.2) is 0 Å². The van der Waals surface area contributed by atoms with Gasteiger partial charge in [0.2, 0.25) is 10.0 Å². The molecule has 0 N–H and O–H groups in total. The van der Waals surface area contributed by atoms with E-state index in [1.807, 2.05) is 0 Å². The number of thiophene rings is 1. The third kappa shape index (κ3) is 3.80. The van der Waals surface area contributed by atoms with Crippen LogP contribution in [0.4, 0.5) is 5.69 Å². The van der Waals surface area contributed by atoms with Crippen molar-refractivity contribution in [1.29, 1.82) is 0 Å². The molecule has 8 nitrogen and oxygen atoms in total. The Hall–Kier alpha value is -1.82. The van der Waals surface area contributed by atoms with Crippen molar-refractivity contribution in [2.75, 3.05) is 26.2 Å². The summed E-state index contributed by atoms with van der Waals surface area (Å²) in [6, 6.07) is 6.71. The first kappa shape index (κ1) is 19.0. The van der Waals surface area contributed by atoms with Gasteiger partial charge in [0.1, 0.15) is 0 Å². The number of amides is 1. The second-order valence-corrected chi connectivity index (χ2v) is 9.82. The fraction of sp³-hybridized carbons (Fsp3) is 0.267. The molecule has 1 aliphatic heterocycles. The Balaban J connectivity index is 1.72. The van der Waals surface area contributed by atoms with Crippen molar-refractivity contribution in [3.63, 3.8) is 0 Å². The maximum atomic E-state index is 12.7. The van der Waals surface area contributed by atoms with Crippen LogP contribution in [0.3, 0.4) is 0 Å². The van der Waals surface area contributed by atoms with Gasteiger partial charge in [-0.05, 0) is 28.1 Å². The summed E-state index contributed by atoms with van der Waals surface area (Å²) in [5.74, 6) is -0.139. The Kier molecular flexibility index (Phi) is 5.42. The molecule has 1 saturated heterocycles. The van der Waals surface area contributed by atoms with Crippen LogP contribution in [0.1, 0.15) is 10.4 Å². The summed E-state index contributed by atoms with van der Waals surface area (Å²) in [5.41, 5.74) is 0.291. The Morgan fingerprint density at radius 3 is 2.46 bits per heavy atom. The average molecular weight is 460 g/mol. The molecular weight excluding hydrogens is 446 g/mol. The highest BCUT2D eigenvalue weighted by molar-refractivity contribution is 9.11. The number of halogens is 1. The van der Waals surface area contributed by atoms with Crippen LogP contribution in [0.15, 0.2) is 44.4 Å². The van der Waals surface area contributed by atoms with Crippen LogP contribution < -0.4 is 0 Å². The molecule has 1 aliphatic rings. The fourth-order valence-electron chi connectivity index (χ4n) is 2.64. The van der Waals surface area contributed by atoms with Gasteiger partial charge in [-0.25, -0.2) is 8.42 Å². The molecule has 138 valence electrons. The van der Waals surface area contributed by atoms with Crippen molar-refractivity contribution in [2.24, 2.45) is 0 Å². The minimum atomic E-state index is -3.84. The van der Waals surface area contributed by atoms with E-state index in [1.54, 1.807) is 16.3 Å². The van der Waals surface area contributed by atoms with Gasteiger partial charge in [0.05, 0.1) is 19.2 Å². The number of nitrogens with zero attached hydrogens (tertiary/aromatic N) is 3. The Labute approximate surface area is 162 Å². The highest BCUT2D eigenvalue weighted by Gasteiger charge is 2.31. The van der Waals surface area contributed by atoms with Crippen molar-refractivity contribution >= 4 is 48.9 Å². The van der Waals surface area contributed by atoms with E-state index in [1.165, 1.54) is 33.8 Å². The number of nitro groups is 1. The summed E-state index contributed by atoms with van der Waals surface area (Å²) in [6.45, 7) is 0.811. The predicted octanol–water partition coefficient (Wildman–Crippen LogP) is 2.57. The zero-order valence-electron chi connectivity index (χ0n) is 13.4. The molecule has 0 radical (unpaired) electrons. The largest absolute Gasteiger partial charge is 0.336 e. The molecule has 1 aromatic heterocycles. The first-order valence-electron chi connectivity index (χ1n) is 7.57. The van der Waals surface area contributed by atoms with E-state index < -0.39 is 14.9 Å². The van der Waals surface area contributed by atoms with E-state index in [4.69, 9.17) is 0 Å². The lowest BCUT2D eigenvalue weighted by Gasteiger charge is -2.33. The minimum absolute atomic E-state index is 0.117. The van der Waals surface area contributed by atoms with Gasteiger partial charge in [-0.3, -0.25) is 14.9 Å². The van der Waals surface area contributed by atoms with E-state index in [0.29, 0.717) is 5.56 Å². The SMILES string of the molecule is O=C(c1csc(Br)c1)N1CCN(S(=O)(=O)c2cccc([N+](=O)[O-])c2)CC1. The molecule has 2 aromatic rings. The number of carbonyl (C=O) groups excluding carboxylic acids is 1. The molecule has 1 fully saturated rings. The summed E-state index contributed by atoms with van der Waals surface area (Å²) in [7, 11) is -3.84. The summed E-state index contributed by atoms with van der Waals surface area (Å²) < 4.78 is 27.5. The van der Waals surface area contributed by atoms with Crippen LogP contribution >= 0.6 is 27.3 Å². The Bertz CT molecular complexity index is 952. The molecule has 3 rings (SSSR count). The Morgan fingerprint density at radius 1 is 1.19 bits per heavy atom. The number of benzene rings is 1. The molecule has 26 heavy (non-hydrogen) atoms. The number of carbonyl (C=O) groups is 1. The first-order valence-corrected chi connectivity index (χ1v) is 10.7. The maximum Gasteiger partial charge on any atom is 0.270 e. The number of hydrogen-bond acceptors (Lipinski definition) is 6. The zero-order valence-corrected chi connectivity index (χ0v) is 16.6. The number of hydrogen-bond donors (Lipinski definition) is 0. The van der Waals surface area contributed by atoms with Crippen LogP contribution in [0.5, 0.6) is 0 Å². The van der Waals surface area contributed by atoms with Crippen molar-refractivity contribution in [1.82, 2.24) is 9.21 Å². The van der Waals surface area contributed by atoms with E-state index in [-0.39, 0.29) is 42.7 Å². The predicted molar refractivity (Wildman–Crippen MR) is 99.8 cm³/mol. The third-order valence-corrected chi connectivity index (χ3v) is 7.41. The normalized spacial score (nSPS) is 15.8. The van der Waals surface area contributed by atoms with Gasteiger partial charge >= 0.3 is 0 Å². The topological polar surface area (TPSA) is 101 Å². The van der Waals surface area contributed by atoms with Gasteiger partial charge in [-0.1, -0.05) is 6.07 Å². The zero-order chi connectivity index (χ0) is 18.9. The van der Waals surface area contributed by atoms with Gasteiger partial charge in [0, 0.05) is 43.7 Å². The highest BCUT2D eigenvalue weighted by Crippen LogP contribution is 2.24. The number of rotatable bonds is 4. The highest BCUT2D eigenvalue weighted by atomic mass is 79.9. The average Bonchev–Trinajstić information content (AvgIpc) is 3.07. The summed E-state index contributed by atoms with van der Waals surface area (Å²) in [5, 5.41) is 12.6. The van der Waals surface area contributed by atoms with Crippen LogP contribution in [0, 0.1) is 10.1 Å². The third-order valence-electron chi connectivity index (χ3n) is 4.01. The van der Waals surface area contributed by atoms with Gasteiger partial charge in [-0.2, -0.15) is 4.31 Å². The monoisotopic (exact) mass is 459 g/mol. The standard InChI is InChI=1S/C15H14BrN3O5S2/c16-14-8-11(10-25-14)15(20)17-4-6-18(7-5-17)26(23,24)13-3-1-2-12(9-13)19(21)22/h1-3,8-10H,4-7H2. The summed E-state index contributed by atoms with van der Waals surface area (Å²) in [6.07, 6.45) is 0. The van der Waals surface area contributed by atoms with Crippen LogP contribution in [0.25, 0.3) is 0 Å². The molecule has 0 bridgehead atoms. The molecule has 11 heteroatoms. The molecular formula is C15H14BrN3O5S2. The van der Waals surface area contributed by atoms with Crippen LogP contribution in [-0.4, -0.2) is 54.6 Å². The van der Waals surface area contributed by atoms with Crippen LogP contribution in [0.2, 0.25) is 0 Å². The first-order chi connectivity index (χ1) is 12.3. The lowest BCUT2D eigenvalue weighted by atomic mass is 10.2. The smallest absolute Gasteiger partial charge is 0.270 e. The van der Waals surface area contributed by atoms with E-state index in [9.17, 15) is 23.3 Å².